The average Bonchev–Trinajstić information content (AvgIpc) is 3.57. The fourth-order valence-electron chi connectivity index (χ4n) is 5.65. The number of rotatable bonds is 5. The molecule has 11 nitrogen and oxygen atoms in total. The highest BCUT2D eigenvalue weighted by molar-refractivity contribution is 6.35. The first-order chi connectivity index (χ1) is 20.2. The molecular weight excluding hydrogens is 614 g/mol. The zero-order valence-corrected chi connectivity index (χ0v) is 24.6. The quantitative estimate of drug-likeness (QED) is 0.389. The van der Waals surface area contributed by atoms with E-state index < -0.39 is 18.1 Å². The summed E-state index contributed by atoms with van der Waals surface area (Å²) in [6.45, 7) is 6.43. The van der Waals surface area contributed by atoms with Crippen LogP contribution >= 0.6 is 23.2 Å². The van der Waals surface area contributed by atoms with E-state index in [0.29, 0.717) is 33.4 Å². The summed E-state index contributed by atoms with van der Waals surface area (Å²) in [6.07, 6.45) is -0.902. The highest BCUT2D eigenvalue weighted by atomic mass is 35.5. The van der Waals surface area contributed by atoms with Crippen LogP contribution in [0, 0.1) is 17.2 Å². The van der Waals surface area contributed by atoms with E-state index in [4.69, 9.17) is 38.1 Å². The summed E-state index contributed by atoms with van der Waals surface area (Å²) in [5, 5.41) is 31.9. The summed E-state index contributed by atoms with van der Waals surface area (Å²) >= 11 is 12.5. The van der Waals surface area contributed by atoms with Crippen molar-refractivity contribution in [2.75, 3.05) is 24.5 Å². The summed E-state index contributed by atoms with van der Waals surface area (Å²) in [5.74, 6) is -2.51. The van der Waals surface area contributed by atoms with Gasteiger partial charge in [0.25, 0.3) is 0 Å². The van der Waals surface area contributed by atoms with Crippen LogP contribution in [0.4, 0.5) is 19.0 Å². The number of halogens is 5. The molecule has 0 aliphatic carbocycles. The van der Waals surface area contributed by atoms with Gasteiger partial charge in [-0.05, 0) is 56.3 Å². The molecule has 16 heteroatoms. The van der Waals surface area contributed by atoms with Gasteiger partial charge < -0.3 is 15.1 Å². The van der Waals surface area contributed by atoms with E-state index >= 15 is 0 Å². The third kappa shape index (κ3) is 6.95. The molecule has 1 aromatic carbocycles. The van der Waals surface area contributed by atoms with Crippen molar-refractivity contribution in [2.45, 2.75) is 57.4 Å². The normalized spacial score (nSPS) is 21.6. The Kier molecular flexibility index (Phi) is 9.68. The second kappa shape index (κ2) is 12.9. The molecule has 0 unspecified atom stereocenters. The van der Waals surface area contributed by atoms with Crippen LogP contribution in [0.25, 0.3) is 11.2 Å². The first-order valence-electron chi connectivity index (χ1n) is 13.4. The van der Waals surface area contributed by atoms with E-state index in [0.717, 1.165) is 38.0 Å². The average molecular weight is 642 g/mol. The zero-order valence-electron chi connectivity index (χ0n) is 23.1. The number of piperidine rings is 1. The highest BCUT2D eigenvalue weighted by Gasteiger charge is 2.40. The second-order valence-corrected chi connectivity index (χ2v) is 11.3. The molecular formula is C27H28Cl2F3N7O4. The Morgan fingerprint density at radius 3 is 2.47 bits per heavy atom. The zero-order chi connectivity index (χ0) is 31.6. The maximum absolute atomic E-state index is 11.7. The lowest BCUT2D eigenvalue weighted by atomic mass is 9.91. The number of likely N-dealkylation sites (tertiary alicyclic amines) is 1. The van der Waals surface area contributed by atoms with Gasteiger partial charge in [-0.25, -0.2) is 19.4 Å². The Balaban J connectivity index is 0.000000541. The molecule has 43 heavy (non-hydrogen) atoms. The van der Waals surface area contributed by atoms with Crippen LogP contribution in [0.1, 0.15) is 50.4 Å². The minimum absolute atomic E-state index is 0.210. The molecule has 0 amide bonds. The van der Waals surface area contributed by atoms with Gasteiger partial charge in [-0.3, -0.25) is 9.69 Å². The molecule has 0 saturated carbocycles. The van der Waals surface area contributed by atoms with E-state index in [2.05, 4.69) is 32.9 Å². The number of aliphatic carboxylic acids is 2. The van der Waals surface area contributed by atoms with Gasteiger partial charge in [-0.2, -0.15) is 23.5 Å². The highest BCUT2D eigenvalue weighted by Crippen LogP contribution is 2.33. The van der Waals surface area contributed by atoms with Crippen molar-refractivity contribution in [3.63, 3.8) is 0 Å². The largest absolute Gasteiger partial charge is 0.490 e. The summed E-state index contributed by atoms with van der Waals surface area (Å²) in [6, 6.07) is 6.97. The number of nitriles is 1. The SMILES string of the molecule is C[C@@H]1CN(c2cnc3c(C#N)nn([C@H](C)c4ccc(Cl)cc4Cl)c3n2)CC[C@@H]1N1CCC[C@H]1C(=O)O.O=C(O)C(F)(F)F. The fraction of sp³-hybridized carbons (Fsp3) is 0.481. The lowest BCUT2D eigenvalue weighted by molar-refractivity contribution is -0.192. The Bertz CT molecular complexity index is 1560. The third-order valence-corrected chi connectivity index (χ3v) is 8.27. The molecule has 2 fully saturated rings. The summed E-state index contributed by atoms with van der Waals surface area (Å²) in [7, 11) is 0. The summed E-state index contributed by atoms with van der Waals surface area (Å²) in [5.41, 5.74) is 1.99. The molecule has 230 valence electrons. The fourth-order valence-corrected chi connectivity index (χ4v) is 6.22. The van der Waals surface area contributed by atoms with Gasteiger partial charge in [0.1, 0.15) is 23.4 Å². The van der Waals surface area contributed by atoms with Crippen molar-refractivity contribution >= 4 is 52.1 Å². The first kappa shape index (κ1) is 32.2. The van der Waals surface area contributed by atoms with Gasteiger partial charge in [0, 0.05) is 29.2 Å². The van der Waals surface area contributed by atoms with Gasteiger partial charge in [-0.1, -0.05) is 36.2 Å². The van der Waals surface area contributed by atoms with Gasteiger partial charge in [0.15, 0.2) is 11.3 Å². The smallest absolute Gasteiger partial charge is 0.480 e. The lowest BCUT2D eigenvalue weighted by Gasteiger charge is -2.43. The van der Waals surface area contributed by atoms with Crippen molar-refractivity contribution in [3.8, 4) is 6.07 Å². The van der Waals surface area contributed by atoms with E-state index in [-0.39, 0.29) is 29.7 Å². The number of carbonyl (C=O) groups is 2. The number of fused-ring (bicyclic) bond motifs is 1. The van der Waals surface area contributed by atoms with E-state index in [1.807, 2.05) is 13.0 Å². The van der Waals surface area contributed by atoms with Crippen molar-refractivity contribution in [2.24, 2.45) is 5.92 Å². The monoisotopic (exact) mass is 641 g/mol. The Hall–Kier alpha value is -3.67. The minimum Gasteiger partial charge on any atom is -0.480 e. The molecule has 4 heterocycles. The van der Waals surface area contributed by atoms with Crippen molar-refractivity contribution in [1.29, 1.82) is 5.26 Å². The Morgan fingerprint density at radius 1 is 1.19 bits per heavy atom. The van der Waals surface area contributed by atoms with Gasteiger partial charge in [0.05, 0.1) is 12.2 Å². The number of nitrogens with zero attached hydrogens (tertiary/aromatic N) is 7. The second-order valence-electron chi connectivity index (χ2n) is 10.5. The molecule has 0 bridgehead atoms. The minimum atomic E-state index is -5.08. The first-order valence-corrected chi connectivity index (χ1v) is 14.1. The van der Waals surface area contributed by atoms with Crippen molar-refractivity contribution in [1.82, 2.24) is 24.6 Å². The van der Waals surface area contributed by atoms with Crippen LogP contribution in [-0.4, -0.2) is 84.7 Å². The predicted molar refractivity (Wildman–Crippen MR) is 151 cm³/mol. The van der Waals surface area contributed by atoms with Crippen LogP contribution in [0.2, 0.25) is 10.0 Å². The lowest BCUT2D eigenvalue weighted by Crippen LogP contribution is -2.53. The number of carboxylic acid groups (broad SMARTS) is 2. The van der Waals surface area contributed by atoms with E-state index in [1.165, 1.54) is 0 Å². The van der Waals surface area contributed by atoms with Crippen LogP contribution in [0.15, 0.2) is 24.4 Å². The molecule has 2 aliphatic heterocycles. The number of benzene rings is 1. The number of hydrogen-bond acceptors (Lipinski definition) is 8. The van der Waals surface area contributed by atoms with Crippen molar-refractivity contribution in [3.05, 3.63) is 45.7 Å². The molecule has 5 rings (SSSR count). The molecule has 0 spiro atoms. The van der Waals surface area contributed by atoms with Crippen LogP contribution < -0.4 is 4.90 Å². The Labute approximate surface area is 254 Å². The van der Waals surface area contributed by atoms with Crippen molar-refractivity contribution < 1.29 is 33.0 Å². The topological polar surface area (TPSA) is 148 Å². The van der Waals surface area contributed by atoms with Crippen LogP contribution in [-0.2, 0) is 9.59 Å². The molecule has 2 N–H and O–H groups in total. The van der Waals surface area contributed by atoms with E-state index in [9.17, 15) is 28.3 Å². The third-order valence-electron chi connectivity index (χ3n) is 7.71. The molecule has 2 saturated heterocycles. The summed E-state index contributed by atoms with van der Waals surface area (Å²) < 4.78 is 33.4. The molecule has 3 aromatic rings. The number of carboxylic acids is 2. The standard InChI is InChI=1S/C25H27Cl2N7O2.C2HF3O2/c1-14-13-32(9-7-20(14)33-8-3-4-21(33)25(35)36)22-12-29-23-19(11-28)31-34(24(23)30-22)15(2)17-6-5-16(26)10-18(17)27;3-2(4,5)1(6)7/h5-6,10,12,14-15,20-21H,3-4,7-9,13H2,1-2H3,(H,35,36);(H,6,7)/t14-,15-,20+,21+;/m1./s1. The maximum Gasteiger partial charge on any atom is 0.490 e. The number of aromatic nitrogens is 4. The number of anilines is 1. The Morgan fingerprint density at radius 2 is 1.88 bits per heavy atom. The van der Waals surface area contributed by atoms with E-state index in [1.54, 1.807) is 23.0 Å². The van der Waals surface area contributed by atoms with Gasteiger partial charge in [-0.15, -0.1) is 0 Å². The number of alkyl halides is 3. The maximum atomic E-state index is 11.7. The van der Waals surface area contributed by atoms with Gasteiger partial charge >= 0.3 is 18.1 Å². The predicted octanol–water partition coefficient (Wildman–Crippen LogP) is 5.01. The molecule has 2 aromatic heterocycles. The molecule has 0 radical (unpaired) electrons. The van der Waals surface area contributed by atoms with Gasteiger partial charge in [0.2, 0.25) is 0 Å². The van der Waals surface area contributed by atoms with Crippen LogP contribution in [0.5, 0.6) is 0 Å². The molecule has 2 aliphatic rings. The number of hydrogen-bond donors (Lipinski definition) is 2. The summed E-state index contributed by atoms with van der Waals surface area (Å²) in [4.78, 5) is 34.4. The van der Waals surface area contributed by atoms with Crippen LogP contribution in [0.3, 0.4) is 0 Å². The molecule has 4 atom stereocenters.